The van der Waals surface area contributed by atoms with E-state index in [1.165, 1.54) is 90.1 Å². The van der Waals surface area contributed by atoms with Gasteiger partial charge in [0.1, 0.15) is 0 Å². The van der Waals surface area contributed by atoms with Crippen molar-refractivity contribution in [3.05, 3.63) is 215 Å². The summed E-state index contributed by atoms with van der Waals surface area (Å²) in [6.45, 7) is 4.70. The number of halogens is 1. The Hall–Kier alpha value is -6.47. The van der Waals surface area contributed by atoms with Gasteiger partial charge < -0.3 is 9.47 Å². The Bertz CT molecular complexity index is 3520. The molecule has 12 rings (SSSR count). The van der Waals surface area contributed by atoms with Crippen LogP contribution < -0.4 is 4.90 Å². The lowest BCUT2D eigenvalue weighted by Crippen LogP contribution is -2.15. The monoisotopic (exact) mass is 910 g/mol. The molecule has 290 valence electrons. The van der Waals surface area contributed by atoms with Crippen LogP contribution in [0.4, 0.5) is 17.1 Å². The van der Waals surface area contributed by atoms with Gasteiger partial charge in [-0.25, -0.2) is 0 Å². The van der Waals surface area contributed by atoms with Crippen LogP contribution in [0.3, 0.4) is 0 Å². The standard InChI is InChI=1S/C57H39IN2S/c1-57(2)50-17-6-3-13-45(50)48-35-43(30-31-51(48)57)59(41-28-23-37(24-29-41)44-16-10-20-55-56(44)47-15-5-8-19-54(47)61-55)40-26-21-36(22-27-40)38-11-9-12-42(33-38)60-52-18-7-4-14-46(52)49-34-39(58)25-32-53(49)60/h3-35H,1-2H3. The molecule has 0 spiro atoms. The summed E-state index contributed by atoms with van der Waals surface area (Å²) in [5.74, 6) is 0. The highest BCUT2D eigenvalue weighted by Crippen LogP contribution is 2.51. The van der Waals surface area contributed by atoms with Gasteiger partial charge >= 0.3 is 0 Å². The number of anilines is 3. The van der Waals surface area contributed by atoms with Crippen LogP contribution in [0.2, 0.25) is 0 Å². The molecule has 4 heteroatoms. The molecule has 0 saturated carbocycles. The molecule has 0 N–H and O–H groups in total. The first-order chi connectivity index (χ1) is 29.9. The second kappa shape index (κ2) is 14.1. The molecular weight excluding hydrogens is 872 g/mol. The smallest absolute Gasteiger partial charge is 0.0541 e. The largest absolute Gasteiger partial charge is 0.310 e. The SMILES string of the molecule is CC1(C)c2ccccc2-c2cc(N(c3ccc(-c4cccc(-n5c6ccccc6c6cc(I)ccc65)c4)cc3)c3ccc(-c4cccc5sc6ccccc6c45)cc3)ccc21. The molecule has 0 unspecified atom stereocenters. The predicted octanol–water partition coefficient (Wildman–Crippen LogP) is 16.9. The van der Waals surface area contributed by atoms with Crippen molar-refractivity contribution in [2.24, 2.45) is 0 Å². The van der Waals surface area contributed by atoms with Crippen molar-refractivity contribution >= 4 is 93.0 Å². The van der Waals surface area contributed by atoms with Gasteiger partial charge in [0.05, 0.1) is 11.0 Å². The molecule has 2 aromatic heterocycles. The third kappa shape index (κ3) is 5.80. The summed E-state index contributed by atoms with van der Waals surface area (Å²) in [7, 11) is 0. The predicted molar refractivity (Wildman–Crippen MR) is 270 cm³/mol. The number of nitrogens with zero attached hydrogens (tertiary/aromatic N) is 2. The van der Waals surface area contributed by atoms with Crippen LogP contribution in [0, 0.1) is 3.57 Å². The molecule has 2 nitrogen and oxygen atoms in total. The summed E-state index contributed by atoms with van der Waals surface area (Å²) < 4.78 is 6.29. The Morgan fingerprint density at radius 2 is 1.08 bits per heavy atom. The molecule has 0 radical (unpaired) electrons. The Labute approximate surface area is 373 Å². The molecular formula is C57H39IN2S. The minimum atomic E-state index is -0.0577. The number of benzene rings is 9. The Morgan fingerprint density at radius 1 is 0.443 bits per heavy atom. The molecule has 0 fully saturated rings. The molecule has 1 aliphatic rings. The summed E-state index contributed by atoms with van der Waals surface area (Å²) in [6.07, 6.45) is 0. The molecule has 1 aliphatic carbocycles. The van der Waals surface area contributed by atoms with Gasteiger partial charge in [-0.05, 0) is 152 Å². The van der Waals surface area contributed by atoms with Crippen LogP contribution in [0.15, 0.2) is 200 Å². The highest BCUT2D eigenvalue weighted by molar-refractivity contribution is 14.1. The van der Waals surface area contributed by atoms with E-state index in [0.717, 1.165) is 22.7 Å². The number of aromatic nitrogens is 1. The summed E-state index contributed by atoms with van der Waals surface area (Å²) in [4.78, 5) is 2.41. The lowest BCUT2D eigenvalue weighted by Gasteiger charge is -2.27. The molecule has 0 aliphatic heterocycles. The normalized spacial score (nSPS) is 13.0. The van der Waals surface area contributed by atoms with Crippen LogP contribution in [0.1, 0.15) is 25.0 Å². The van der Waals surface area contributed by atoms with E-state index in [4.69, 9.17) is 0 Å². The zero-order valence-corrected chi connectivity index (χ0v) is 36.7. The van der Waals surface area contributed by atoms with Gasteiger partial charge in [0.15, 0.2) is 0 Å². The number of rotatable bonds is 6. The number of fused-ring (bicyclic) bond motifs is 9. The highest BCUT2D eigenvalue weighted by atomic mass is 127. The zero-order chi connectivity index (χ0) is 40.8. The fraction of sp³-hybridized carbons (Fsp3) is 0.0526. The van der Waals surface area contributed by atoms with E-state index in [-0.39, 0.29) is 5.41 Å². The minimum Gasteiger partial charge on any atom is -0.310 e. The van der Waals surface area contributed by atoms with Gasteiger partial charge in [-0.15, -0.1) is 11.3 Å². The Kier molecular flexibility index (Phi) is 8.38. The van der Waals surface area contributed by atoms with Crippen LogP contribution in [-0.4, -0.2) is 4.57 Å². The van der Waals surface area contributed by atoms with E-state index in [1.807, 2.05) is 11.3 Å². The third-order valence-corrected chi connectivity index (χ3v) is 14.7. The van der Waals surface area contributed by atoms with Crippen molar-refractivity contribution in [2.75, 3.05) is 4.90 Å². The van der Waals surface area contributed by atoms with Crippen molar-refractivity contribution in [2.45, 2.75) is 19.3 Å². The maximum absolute atomic E-state index is 2.42. The number of hydrogen-bond acceptors (Lipinski definition) is 2. The number of para-hydroxylation sites is 1. The van der Waals surface area contributed by atoms with Gasteiger partial charge in [-0.3, -0.25) is 0 Å². The molecule has 0 atom stereocenters. The fourth-order valence-electron chi connectivity index (χ4n) is 9.95. The van der Waals surface area contributed by atoms with Crippen LogP contribution >= 0.6 is 33.9 Å². The van der Waals surface area contributed by atoms with Crippen molar-refractivity contribution in [1.82, 2.24) is 4.57 Å². The van der Waals surface area contributed by atoms with Crippen LogP contribution in [0.5, 0.6) is 0 Å². The van der Waals surface area contributed by atoms with Gasteiger partial charge in [0.2, 0.25) is 0 Å². The second-order valence-electron chi connectivity index (χ2n) is 16.7. The first-order valence-corrected chi connectivity index (χ1v) is 22.8. The van der Waals surface area contributed by atoms with Crippen molar-refractivity contribution in [3.8, 4) is 39.1 Å². The summed E-state index contributed by atoms with van der Waals surface area (Å²) in [6, 6.07) is 74.2. The van der Waals surface area contributed by atoms with E-state index >= 15 is 0 Å². The molecule has 61 heavy (non-hydrogen) atoms. The lowest BCUT2D eigenvalue weighted by atomic mass is 9.82. The van der Waals surface area contributed by atoms with Gasteiger partial charge in [0.25, 0.3) is 0 Å². The maximum Gasteiger partial charge on any atom is 0.0541 e. The van der Waals surface area contributed by atoms with Crippen molar-refractivity contribution < 1.29 is 0 Å². The van der Waals surface area contributed by atoms with E-state index in [2.05, 4.69) is 246 Å². The van der Waals surface area contributed by atoms with E-state index < -0.39 is 0 Å². The first kappa shape index (κ1) is 36.4. The van der Waals surface area contributed by atoms with Gasteiger partial charge in [-0.1, -0.05) is 129 Å². The van der Waals surface area contributed by atoms with Crippen LogP contribution in [-0.2, 0) is 5.41 Å². The van der Waals surface area contributed by atoms with E-state index in [0.29, 0.717) is 0 Å². The minimum absolute atomic E-state index is 0.0577. The van der Waals surface area contributed by atoms with Crippen molar-refractivity contribution in [3.63, 3.8) is 0 Å². The molecule has 0 bridgehead atoms. The number of thiophene rings is 1. The first-order valence-electron chi connectivity index (χ1n) is 20.9. The fourth-order valence-corrected chi connectivity index (χ4v) is 11.6. The Morgan fingerprint density at radius 3 is 1.92 bits per heavy atom. The summed E-state index contributed by atoms with van der Waals surface area (Å²) in [5, 5.41) is 5.20. The average Bonchev–Trinajstić information content (AvgIpc) is 3.92. The maximum atomic E-state index is 2.42. The third-order valence-electron chi connectivity index (χ3n) is 12.9. The van der Waals surface area contributed by atoms with E-state index in [1.54, 1.807) is 0 Å². The van der Waals surface area contributed by atoms with Gasteiger partial charge in [-0.2, -0.15) is 0 Å². The number of hydrogen-bond donors (Lipinski definition) is 0. The summed E-state index contributed by atoms with van der Waals surface area (Å²) in [5.41, 5.74) is 17.1. The van der Waals surface area contributed by atoms with Crippen molar-refractivity contribution in [1.29, 1.82) is 0 Å². The summed E-state index contributed by atoms with van der Waals surface area (Å²) >= 11 is 4.29. The lowest BCUT2D eigenvalue weighted by molar-refractivity contribution is 0.660. The molecule has 0 amide bonds. The molecule has 2 heterocycles. The van der Waals surface area contributed by atoms with Gasteiger partial charge in [0, 0.05) is 62.7 Å². The second-order valence-corrected chi connectivity index (χ2v) is 19.0. The zero-order valence-electron chi connectivity index (χ0n) is 33.7. The molecule has 0 saturated heterocycles. The van der Waals surface area contributed by atoms with Crippen LogP contribution in [0.25, 0.3) is 81.0 Å². The quantitative estimate of drug-likeness (QED) is 0.151. The average molecular weight is 911 g/mol. The molecule has 11 aromatic rings. The Balaban J connectivity index is 0.963. The van der Waals surface area contributed by atoms with E-state index in [9.17, 15) is 0 Å². The highest BCUT2D eigenvalue weighted by Gasteiger charge is 2.35. The topological polar surface area (TPSA) is 8.17 Å². The molecule has 9 aromatic carbocycles.